The smallest absolute Gasteiger partial charge is 0.253 e. The lowest BCUT2D eigenvalue weighted by Crippen LogP contribution is -2.35. The number of carbonyl (C=O) groups is 1. The van der Waals surface area contributed by atoms with Crippen molar-refractivity contribution in [1.82, 2.24) is 24.8 Å². The number of fused-ring (bicyclic) bond motifs is 1. The molecule has 6 nitrogen and oxygen atoms in total. The zero-order chi connectivity index (χ0) is 20.3. The summed E-state index contributed by atoms with van der Waals surface area (Å²) >= 11 is 0. The summed E-state index contributed by atoms with van der Waals surface area (Å²) in [5, 5.41) is 0. The molecule has 0 N–H and O–H groups in total. The van der Waals surface area contributed by atoms with E-state index in [1.165, 1.54) is 12.7 Å². The van der Waals surface area contributed by atoms with Crippen LogP contribution in [0.25, 0.3) is 33.5 Å². The van der Waals surface area contributed by atoms with Crippen molar-refractivity contribution in [3.8, 4) is 22.5 Å². The lowest BCUT2D eigenvalue weighted by atomic mass is 10.0. The Morgan fingerprint density at radius 2 is 1.47 bits per heavy atom. The second kappa shape index (κ2) is 7.99. The van der Waals surface area contributed by atoms with E-state index in [4.69, 9.17) is 9.97 Å². The van der Waals surface area contributed by atoms with Crippen LogP contribution in [0.5, 0.6) is 0 Å². The fraction of sp³-hybridized carbons (Fsp3) is 0.208. The van der Waals surface area contributed by atoms with E-state index < -0.39 is 0 Å². The quantitative estimate of drug-likeness (QED) is 0.515. The Balaban J connectivity index is 1.63. The van der Waals surface area contributed by atoms with E-state index in [-0.39, 0.29) is 5.91 Å². The minimum Gasteiger partial charge on any atom is -0.339 e. The first-order valence-electron chi connectivity index (χ1n) is 10.2. The number of likely N-dealkylation sites (tertiary alicyclic amines) is 1. The van der Waals surface area contributed by atoms with Crippen LogP contribution in [0.2, 0.25) is 0 Å². The molecular formula is C24H21N5O. The molecule has 2 aromatic carbocycles. The summed E-state index contributed by atoms with van der Waals surface area (Å²) in [7, 11) is 0. The van der Waals surface area contributed by atoms with E-state index in [9.17, 15) is 4.79 Å². The summed E-state index contributed by atoms with van der Waals surface area (Å²) < 4.78 is 0. The molecule has 148 valence electrons. The monoisotopic (exact) mass is 395 g/mol. The summed E-state index contributed by atoms with van der Waals surface area (Å²) in [5.74, 6) is 0.0649. The van der Waals surface area contributed by atoms with Gasteiger partial charge >= 0.3 is 0 Å². The van der Waals surface area contributed by atoms with Crippen molar-refractivity contribution in [2.75, 3.05) is 13.1 Å². The van der Waals surface area contributed by atoms with Gasteiger partial charge in [0.1, 0.15) is 12.0 Å². The van der Waals surface area contributed by atoms with Gasteiger partial charge in [0.2, 0.25) is 0 Å². The normalized spacial score (nSPS) is 14.1. The largest absolute Gasteiger partial charge is 0.339 e. The molecule has 0 atom stereocenters. The van der Waals surface area contributed by atoms with Gasteiger partial charge < -0.3 is 4.90 Å². The predicted octanol–water partition coefficient (Wildman–Crippen LogP) is 4.38. The van der Waals surface area contributed by atoms with Gasteiger partial charge in [-0.05, 0) is 37.5 Å². The number of piperidine rings is 1. The number of benzene rings is 2. The van der Waals surface area contributed by atoms with E-state index in [1.54, 1.807) is 12.4 Å². The van der Waals surface area contributed by atoms with Crippen LogP contribution in [0.4, 0.5) is 0 Å². The maximum absolute atomic E-state index is 12.9. The average molecular weight is 395 g/mol. The minimum atomic E-state index is 0.0649. The predicted molar refractivity (Wildman–Crippen MR) is 116 cm³/mol. The molecule has 2 aromatic heterocycles. The summed E-state index contributed by atoms with van der Waals surface area (Å²) in [6.45, 7) is 1.64. The van der Waals surface area contributed by atoms with E-state index >= 15 is 0 Å². The van der Waals surface area contributed by atoms with Gasteiger partial charge in [-0.3, -0.25) is 4.79 Å². The molecule has 0 spiro atoms. The molecule has 0 saturated carbocycles. The first-order chi connectivity index (χ1) is 14.8. The van der Waals surface area contributed by atoms with Crippen LogP contribution in [0.3, 0.4) is 0 Å². The molecule has 6 heteroatoms. The van der Waals surface area contributed by atoms with Crippen LogP contribution in [-0.4, -0.2) is 43.8 Å². The summed E-state index contributed by atoms with van der Waals surface area (Å²) in [6.07, 6.45) is 8.29. The van der Waals surface area contributed by atoms with Gasteiger partial charge in [-0.1, -0.05) is 30.3 Å². The van der Waals surface area contributed by atoms with Crippen LogP contribution in [0.1, 0.15) is 29.6 Å². The van der Waals surface area contributed by atoms with Gasteiger partial charge in [-0.2, -0.15) is 0 Å². The molecule has 30 heavy (non-hydrogen) atoms. The Labute approximate surface area is 174 Å². The van der Waals surface area contributed by atoms with Gasteiger partial charge in [0.25, 0.3) is 5.91 Å². The van der Waals surface area contributed by atoms with Crippen LogP contribution in [-0.2, 0) is 0 Å². The molecule has 5 rings (SSSR count). The molecule has 1 aliphatic heterocycles. The average Bonchev–Trinajstić information content (AvgIpc) is 2.84. The topological polar surface area (TPSA) is 71.9 Å². The molecule has 0 aliphatic carbocycles. The molecule has 0 radical (unpaired) electrons. The Hall–Kier alpha value is -3.67. The summed E-state index contributed by atoms with van der Waals surface area (Å²) in [4.78, 5) is 33.0. The van der Waals surface area contributed by atoms with E-state index in [1.807, 2.05) is 53.4 Å². The Morgan fingerprint density at radius 1 is 0.767 bits per heavy atom. The minimum absolute atomic E-state index is 0.0649. The Bertz CT molecular complexity index is 1190. The zero-order valence-corrected chi connectivity index (χ0v) is 16.5. The number of rotatable bonds is 3. The molecule has 1 aliphatic rings. The zero-order valence-electron chi connectivity index (χ0n) is 16.5. The van der Waals surface area contributed by atoms with Crippen LogP contribution < -0.4 is 0 Å². The lowest BCUT2D eigenvalue weighted by Gasteiger charge is -2.26. The van der Waals surface area contributed by atoms with Crippen molar-refractivity contribution in [2.45, 2.75) is 19.3 Å². The third-order valence-corrected chi connectivity index (χ3v) is 5.44. The number of hydrogen-bond acceptors (Lipinski definition) is 5. The molecule has 0 unspecified atom stereocenters. The number of nitrogens with zero attached hydrogens (tertiary/aromatic N) is 5. The fourth-order valence-electron chi connectivity index (χ4n) is 3.89. The van der Waals surface area contributed by atoms with Crippen molar-refractivity contribution in [3.63, 3.8) is 0 Å². The van der Waals surface area contributed by atoms with Gasteiger partial charge in [0, 0.05) is 42.2 Å². The highest BCUT2D eigenvalue weighted by Gasteiger charge is 2.20. The van der Waals surface area contributed by atoms with Crippen LogP contribution >= 0.6 is 0 Å². The number of hydrogen-bond donors (Lipinski definition) is 0. The molecule has 1 saturated heterocycles. The maximum atomic E-state index is 12.9. The molecule has 1 amide bonds. The van der Waals surface area contributed by atoms with Crippen molar-refractivity contribution in [1.29, 1.82) is 0 Å². The van der Waals surface area contributed by atoms with E-state index in [0.717, 1.165) is 48.3 Å². The van der Waals surface area contributed by atoms with Crippen molar-refractivity contribution < 1.29 is 4.79 Å². The lowest BCUT2D eigenvalue weighted by molar-refractivity contribution is 0.0724. The third-order valence-electron chi connectivity index (χ3n) is 5.44. The highest BCUT2D eigenvalue weighted by atomic mass is 16.2. The Kier molecular flexibility index (Phi) is 4.89. The number of amides is 1. The van der Waals surface area contributed by atoms with E-state index in [0.29, 0.717) is 16.8 Å². The molecule has 0 bridgehead atoms. The number of aromatic nitrogens is 4. The van der Waals surface area contributed by atoms with Crippen LogP contribution in [0, 0.1) is 0 Å². The summed E-state index contributed by atoms with van der Waals surface area (Å²) in [6, 6.07) is 15.5. The third kappa shape index (κ3) is 3.52. The first-order valence-corrected chi connectivity index (χ1v) is 10.2. The summed E-state index contributed by atoms with van der Waals surface area (Å²) in [5.41, 5.74) is 5.34. The van der Waals surface area contributed by atoms with Crippen LogP contribution in [0.15, 0.2) is 67.3 Å². The number of carbonyl (C=O) groups excluding carboxylic acids is 1. The van der Waals surface area contributed by atoms with Gasteiger partial charge in [0.05, 0.1) is 16.7 Å². The van der Waals surface area contributed by atoms with E-state index in [2.05, 4.69) is 9.97 Å². The Morgan fingerprint density at radius 3 is 2.23 bits per heavy atom. The maximum Gasteiger partial charge on any atom is 0.253 e. The van der Waals surface area contributed by atoms with Gasteiger partial charge in [-0.25, -0.2) is 19.9 Å². The van der Waals surface area contributed by atoms with Gasteiger partial charge in [-0.15, -0.1) is 0 Å². The molecule has 4 aromatic rings. The first kappa shape index (κ1) is 18.4. The molecule has 1 fully saturated rings. The second-order valence-electron chi connectivity index (χ2n) is 7.47. The highest BCUT2D eigenvalue weighted by molar-refractivity contribution is 5.98. The SMILES string of the molecule is O=C(c1ccc2nc(-c3ccccc3)c(-c3cncnc3)nc2c1)N1CCCCC1. The van der Waals surface area contributed by atoms with Crippen molar-refractivity contribution in [3.05, 3.63) is 72.8 Å². The second-order valence-corrected chi connectivity index (χ2v) is 7.47. The molecular weight excluding hydrogens is 374 g/mol. The highest BCUT2D eigenvalue weighted by Crippen LogP contribution is 2.30. The standard InChI is InChI=1S/C24H21N5O/c30-24(29-11-5-2-6-12-29)18-9-10-20-21(13-18)28-23(19-14-25-16-26-15-19)22(27-20)17-7-3-1-4-8-17/h1,3-4,7-10,13-16H,2,5-6,11-12H2. The van der Waals surface area contributed by atoms with Gasteiger partial charge in [0.15, 0.2) is 0 Å². The van der Waals surface area contributed by atoms with Crippen molar-refractivity contribution in [2.24, 2.45) is 0 Å². The van der Waals surface area contributed by atoms with Crippen molar-refractivity contribution >= 4 is 16.9 Å². The fourth-order valence-corrected chi connectivity index (χ4v) is 3.89. The molecule has 3 heterocycles.